The highest BCUT2D eigenvalue weighted by Gasteiger charge is 2.18. The smallest absolute Gasteiger partial charge is 0.236 e. The summed E-state index contributed by atoms with van der Waals surface area (Å²) < 4.78 is 1.93. The standard InChI is InChI=1S/C21H19Cl2N5OS3/c1-4-13-11(2)30-8-15(13)19-26-27-21(28(19)3)32-10-18(29)25-20-24-17(9-31-20)14-6-5-12(22)7-16(14)23/h5-9H,4,10H2,1-3H3,(H,24,25,29). The lowest BCUT2D eigenvalue weighted by molar-refractivity contribution is -0.113. The maximum Gasteiger partial charge on any atom is 0.236 e. The van der Waals surface area contributed by atoms with E-state index in [9.17, 15) is 4.79 Å². The van der Waals surface area contributed by atoms with Crippen molar-refractivity contribution in [2.75, 3.05) is 11.1 Å². The first kappa shape index (κ1) is 23.3. The molecule has 4 aromatic rings. The molecule has 0 fully saturated rings. The van der Waals surface area contributed by atoms with E-state index in [2.05, 4.69) is 39.7 Å². The number of rotatable bonds is 7. The van der Waals surface area contributed by atoms with Crippen molar-refractivity contribution < 1.29 is 4.79 Å². The first-order valence-electron chi connectivity index (χ1n) is 9.67. The van der Waals surface area contributed by atoms with Gasteiger partial charge in [0, 0.05) is 38.8 Å². The van der Waals surface area contributed by atoms with E-state index in [1.807, 2.05) is 23.1 Å². The Morgan fingerprint density at radius 1 is 1.19 bits per heavy atom. The molecular weight excluding hydrogens is 505 g/mol. The third-order valence-corrected chi connectivity index (χ3v) is 8.10. The van der Waals surface area contributed by atoms with E-state index in [0.717, 1.165) is 23.4 Å². The summed E-state index contributed by atoms with van der Waals surface area (Å²) in [5, 5.41) is 17.7. The molecule has 3 heterocycles. The van der Waals surface area contributed by atoms with Gasteiger partial charge in [0.1, 0.15) is 0 Å². The summed E-state index contributed by atoms with van der Waals surface area (Å²) in [6, 6.07) is 5.24. The average molecular weight is 525 g/mol. The number of carbonyl (C=O) groups is 1. The molecule has 166 valence electrons. The van der Waals surface area contributed by atoms with Gasteiger partial charge in [0.05, 0.1) is 16.5 Å². The van der Waals surface area contributed by atoms with Crippen LogP contribution in [0.2, 0.25) is 10.0 Å². The Labute approximate surface area is 208 Å². The normalized spacial score (nSPS) is 11.2. The number of carbonyl (C=O) groups excluding carboxylic acids is 1. The number of thiophene rings is 1. The highest BCUT2D eigenvalue weighted by molar-refractivity contribution is 7.99. The Bertz CT molecular complexity index is 1280. The van der Waals surface area contributed by atoms with Gasteiger partial charge in [0.25, 0.3) is 0 Å². The van der Waals surface area contributed by atoms with E-state index in [1.54, 1.807) is 23.5 Å². The van der Waals surface area contributed by atoms with Crippen molar-refractivity contribution in [3.63, 3.8) is 0 Å². The minimum absolute atomic E-state index is 0.164. The monoisotopic (exact) mass is 523 g/mol. The molecule has 0 atom stereocenters. The quantitative estimate of drug-likeness (QED) is 0.277. The molecule has 0 bridgehead atoms. The number of amides is 1. The number of anilines is 1. The van der Waals surface area contributed by atoms with Crippen LogP contribution in [-0.4, -0.2) is 31.4 Å². The fraction of sp³-hybridized carbons (Fsp3) is 0.238. The molecule has 4 rings (SSSR count). The van der Waals surface area contributed by atoms with Gasteiger partial charge in [-0.1, -0.05) is 41.9 Å². The van der Waals surface area contributed by atoms with Gasteiger partial charge < -0.3 is 9.88 Å². The molecule has 32 heavy (non-hydrogen) atoms. The second kappa shape index (κ2) is 9.93. The van der Waals surface area contributed by atoms with Gasteiger partial charge in [0.15, 0.2) is 16.1 Å². The lowest BCUT2D eigenvalue weighted by atomic mass is 10.1. The Hall–Kier alpha value is -1.91. The number of benzene rings is 1. The highest BCUT2D eigenvalue weighted by Crippen LogP contribution is 2.33. The fourth-order valence-corrected chi connectivity index (χ4v) is 6.10. The molecule has 0 aliphatic carbocycles. The summed E-state index contributed by atoms with van der Waals surface area (Å²) in [5.74, 6) is 0.855. The lowest BCUT2D eigenvalue weighted by Crippen LogP contribution is -2.14. The second-order valence-corrected chi connectivity index (χ2v) is 10.6. The number of hydrogen-bond acceptors (Lipinski definition) is 7. The van der Waals surface area contributed by atoms with Crippen molar-refractivity contribution in [1.29, 1.82) is 0 Å². The molecule has 6 nitrogen and oxygen atoms in total. The van der Waals surface area contributed by atoms with Gasteiger partial charge in [-0.2, -0.15) is 0 Å². The number of aryl methyl sites for hydroxylation is 1. The summed E-state index contributed by atoms with van der Waals surface area (Å²) in [5.41, 5.74) is 3.86. The maximum atomic E-state index is 12.5. The molecule has 0 radical (unpaired) electrons. The molecule has 0 saturated heterocycles. The molecule has 1 N–H and O–H groups in total. The second-order valence-electron chi connectivity index (χ2n) is 6.90. The predicted octanol–water partition coefficient (Wildman–Crippen LogP) is 6.58. The molecule has 11 heteroatoms. The summed E-state index contributed by atoms with van der Waals surface area (Å²) >= 11 is 16.6. The van der Waals surface area contributed by atoms with Crippen molar-refractivity contribution in [3.8, 4) is 22.6 Å². The first-order chi connectivity index (χ1) is 15.4. The van der Waals surface area contributed by atoms with Crippen molar-refractivity contribution in [3.05, 3.63) is 49.4 Å². The van der Waals surface area contributed by atoms with Crippen LogP contribution in [0.15, 0.2) is 34.1 Å². The van der Waals surface area contributed by atoms with Crippen LogP contribution in [0.25, 0.3) is 22.6 Å². The molecule has 0 unspecified atom stereocenters. The summed E-state index contributed by atoms with van der Waals surface area (Å²) in [6.07, 6.45) is 0.944. The summed E-state index contributed by atoms with van der Waals surface area (Å²) in [4.78, 5) is 18.2. The van der Waals surface area contributed by atoms with Gasteiger partial charge in [-0.05, 0) is 37.1 Å². The number of thioether (sulfide) groups is 1. The number of hydrogen-bond donors (Lipinski definition) is 1. The summed E-state index contributed by atoms with van der Waals surface area (Å²) in [7, 11) is 1.92. The number of nitrogens with one attached hydrogen (secondary N) is 1. The molecular formula is C21H19Cl2N5OS3. The van der Waals surface area contributed by atoms with Crippen LogP contribution in [-0.2, 0) is 18.3 Å². The zero-order valence-corrected chi connectivity index (χ0v) is 21.4. The number of nitrogens with zero attached hydrogens (tertiary/aromatic N) is 4. The van der Waals surface area contributed by atoms with Crippen LogP contribution in [0.1, 0.15) is 17.4 Å². The minimum Gasteiger partial charge on any atom is -0.305 e. The Morgan fingerprint density at radius 2 is 2.00 bits per heavy atom. The molecule has 0 saturated carbocycles. The zero-order chi connectivity index (χ0) is 22.8. The maximum absolute atomic E-state index is 12.5. The van der Waals surface area contributed by atoms with Crippen LogP contribution < -0.4 is 5.32 Å². The minimum atomic E-state index is -0.164. The number of thiazole rings is 1. The van der Waals surface area contributed by atoms with Crippen LogP contribution in [0.4, 0.5) is 5.13 Å². The van der Waals surface area contributed by atoms with Crippen molar-refractivity contribution in [2.45, 2.75) is 25.4 Å². The SMILES string of the molecule is CCc1c(-c2nnc(SCC(=O)Nc3nc(-c4ccc(Cl)cc4Cl)cs3)n2C)csc1C. The van der Waals surface area contributed by atoms with Crippen molar-refractivity contribution in [2.24, 2.45) is 7.05 Å². The average Bonchev–Trinajstić information content (AvgIpc) is 3.45. The van der Waals surface area contributed by atoms with E-state index in [4.69, 9.17) is 23.2 Å². The molecule has 0 aliphatic rings. The first-order valence-corrected chi connectivity index (χ1v) is 13.2. The Kier molecular flexibility index (Phi) is 7.21. The number of halogens is 2. The van der Waals surface area contributed by atoms with Crippen LogP contribution in [0.5, 0.6) is 0 Å². The van der Waals surface area contributed by atoms with Gasteiger partial charge in [-0.25, -0.2) is 4.98 Å². The Morgan fingerprint density at radius 3 is 2.75 bits per heavy atom. The molecule has 3 aromatic heterocycles. The van der Waals surface area contributed by atoms with Crippen LogP contribution >= 0.6 is 57.6 Å². The van der Waals surface area contributed by atoms with Gasteiger partial charge in [0.2, 0.25) is 5.91 Å². The van der Waals surface area contributed by atoms with E-state index < -0.39 is 0 Å². The number of aromatic nitrogens is 4. The molecule has 1 amide bonds. The van der Waals surface area contributed by atoms with E-state index >= 15 is 0 Å². The molecule has 1 aromatic carbocycles. The van der Waals surface area contributed by atoms with E-state index in [-0.39, 0.29) is 11.7 Å². The lowest BCUT2D eigenvalue weighted by Gasteiger charge is -2.05. The zero-order valence-electron chi connectivity index (χ0n) is 17.5. The van der Waals surface area contributed by atoms with Gasteiger partial charge >= 0.3 is 0 Å². The van der Waals surface area contributed by atoms with Crippen LogP contribution in [0, 0.1) is 6.92 Å². The van der Waals surface area contributed by atoms with Gasteiger partial charge in [-0.3, -0.25) is 4.79 Å². The summed E-state index contributed by atoms with van der Waals surface area (Å²) in [6.45, 7) is 4.26. The third-order valence-electron chi connectivity index (χ3n) is 4.82. The van der Waals surface area contributed by atoms with Gasteiger partial charge in [-0.15, -0.1) is 32.9 Å². The predicted molar refractivity (Wildman–Crippen MR) is 135 cm³/mol. The third kappa shape index (κ3) is 4.87. The highest BCUT2D eigenvalue weighted by atomic mass is 35.5. The topological polar surface area (TPSA) is 72.7 Å². The van der Waals surface area contributed by atoms with E-state index in [1.165, 1.54) is 33.5 Å². The van der Waals surface area contributed by atoms with E-state index in [0.29, 0.717) is 26.0 Å². The Balaban J connectivity index is 1.40. The van der Waals surface area contributed by atoms with Crippen molar-refractivity contribution in [1.82, 2.24) is 19.7 Å². The molecule has 0 spiro atoms. The van der Waals surface area contributed by atoms with Crippen LogP contribution in [0.3, 0.4) is 0 Å². The largest absolute Gasteiger partial charge is 0.305 e. The van der Waals surface area contributed by atoms with Crippen molar-refractivity contribution >= 4 is 68.7 Å². The molecule has 0 aliphatic heterocycles. The fourth-order valence-electron chi connectivity index (χ4n) is 3.22.